The maximum Gasteiger partial charge on any atom is 0.253 e. The van der Waals surface area contributed by atoms with E-state index < -0.39 is 0 Å². The number of nitrogens with zero attached hydrogens (tertiary/aromatic N) is 1. The van der Waals surface area contributed by atoms with Gasteiger partial charge in [0, 0.05) is 38.8 Å². The minimum atomic E-state index is 0. The van der Waals surface area contributed by atoms with Crippen LogP contribution in [-0.2, 0) is 4.74 Å². The lowest BCUT2D eigenvalue weighted by Gasteiger charge is -2.17. The Balaban J connectivity index is 0.00000264. The van der Waals surface area contributed by atoms with Crippen LogP contribution in [0.5, 0.6) is 5.75 Å². The van der Waals surface area contributed by atoms with Crippen molar-refractivity contribution < 1.29 is 14.3 Å². The monoisotopic (exact) mass is 342 g/mol. The molecule has 1 atom stereocenters. The molecular formula is C17H27ClN2O3. The van der Waals surface area contributed by atoms with Crippen molar-refractivity contribution in [3.8, 4) is 5.75 Å². The van der Waals surface area contributed by atoms with Crippen molar-refractivity contribution in [1.29, 1.82) is 0 Å². The van der Waals surface area contributed by atoms with E-state index in [1.807, 2.05) is 36.2 Å². The molecule has 1 aromatic carbocycles. The zero-order chi connectivity index (χ0) is 15.8. The highest BCUT2D eigenvalue weighted by molar-refractivity contribution is 5.94. The van der Waals surface area contributed by atoms with Crippen LogP contribution >= 0.6 is 12.4 Å². The molecule has 1 heterocycles. The van der Waals surface area contributed by atoms with Crippen molar-refractivity contribution in [3.63, 3.8) is 0 Å². The highest BCUT2D eigenvalue weighted by atomic mass is 35.5. The van der Waals surface area contributed by atoms with E-state index in [2.05, 4.69) is 5.32 Å². The van der Waals surface area contributed by atoms with Gasteiger partial charge in [0.25, 0.3) is 5.91 Å². The summed E-state index contributed by atoms with van der Waals surface area (Å²) in [5.74, 6) is 1.48. The Morgan fingerprint density at radius 3 is 2.70 bits per heavy atom. The Morgan fingerprint density at radius 1 is 1.30 bits per heavy atom. The smallest absolute Gasteiger partial charge is 0.253 e. The third-order valence-corrected chi connectivity index (χ3v) is 3.93. The van der Waals surface area contributed by atoms with Crippen molar-refractivity contribution >= 4 is 18.3 Å². The predicted octanol–water partition coefficient (Wildman–Crippen LogP) is 2.21. The number of methoxy groups -OCH3 is 1. The molecule has 1 saturated heterocycles. The Kier molecular flexibility index (Phi) is 8.99. The molecule has 1 aliphatic rings. The number of benzene rings is 1. The summed E-state index contributed by atoms with van der Waals surface area (Å²) >= 11 is 0. The summed E-state index contributed by atoms with van der Waals surface area (Å²) in [6.45, 7) is 3.98. The molecule has 1 aromatic rings. The van der Waals surface area contributed by atoms with Gasteiger partial charge in [-0.1, -0.05) is 0 Å². The van der Waals surface area contributed by atoms with E-state index in [4.69, 9.17) is 9.47 Å². The van der Waals surface area contributed by atoms with Crippen molar-refractivity contribution in [2.75, 3.05) is 47.0 Å². The van der Waals surface area contributed by atoms with Crippen LogP contribution in [0.1, 0.15) is 23.2 Å². The van der Waals surface area contributed by atoms with Crippen LogP contribution in [-0.4, -0.2) is 57.8 Å². The van der Waals surface area contributed by atoms with Gasteiger partial charge in [-0.25, -0.2) is 0 Å². The van der Waals surface area contributed by atoms with Gasteiger partial charge in [-0.15, -0.1) is 12.4 Å². The molecule has 1 N–H and O–H groups in total. The second-order valence-corrected chi connectivity index (χ2v) is 5.68. The van der Waals surface area contributed by atoms with Gasteiger partial charge in [0.15, 0.2) is 0 Å². The molecule has 0 aliphatic carbocycles. The molecule has 6 heteroatoms. The normalized spacial score (nSPS) is 17.0. The van der Waals surface area contributed by atoms with Gasteiger partial charge in [-0.05, 0) is 50.2 Å². The Labute approximate surface area is 144 Å². The third-order valence-electron chi connectivity index (χ3n) is 3.93. The SMILES string of the molecule is CNCC1CCN(C(=O)c2ccc(OCCCOC)cc2)C1.Cl. The average molecular weight is 343 g/mol. The van der Waals surface area contributed by atoms with Crippen LogP contribution in [0.4, 0.5) is 0 Å². The minimum Gasteiger partial charge on any atom is -0.494 e. The van der Waals surface area contributed by atoms with Crippen LogP contribution in [0.3, 0.4) is 0 Å². The van der Waals surface area contributed by atoms with Crippen molar-refractivity contribution in [3.05, 3.63) is 29.8 Å². The summed E-state index contributed by atoms with van der Waals surface area (Å²) in [5, 5.41) is 3.18. The number of nitrogens with one attached hydrogen (secondary N) is 1. The fourth-order valence-corrected chi connectivity index (χ4v) is 2.74. The molecule has 0 aromatic heterocycles. The van der Waals surface area contributed by atoms with Crippen LogP contribution in [0, 0.1) is 5.92 Å². The van der Waals surface area contributed by atoms with E-state index in [0.29, 0.717) is 19.1 Å². The van der Waals surface area contributed by atoms with E-state index in [-0.39, 0.29) is 18.3 Å². The van der Waals surface area contributed by atoms with E-state index in [0.717, 1.165) is 43.8 Å². The molecule has 1 aliphatic heterocycles. The van der Waals surface area contributed by atoms with Gasteiger partial charge in [0.2, 0.25) is 0 Å². The molecule has 2 rings (SSSR count). The van der Waals surface area contributed by atoms with E-state index >= 15 is 0 Å². The third kappa shape index (κ3) is 6.01. The maximum atomic E-state index is 12.5. The Bertz CT molecular complexity index is 467. The summed E-state index contributed by atoms with van der Waals surface area (Å²) < 4.78 is 10.6. The first-order valence-electron chi connectivity index (χ1n) is 7.90. The lowest BCUT2D eigenvalue weighted by atomic mass is 10.1. The molecule has 5 nitrogen and oxygen atoms in total. The topological polar surface area (TPSA) is 50.8 Å². The summed E-state index contributed by atoms with van der Waals surface area (Å²) in [6.07, 6.45) is 1.94. The average Bonchev–Trinajstić information content (AvgIpc) is 3.00. The lowest BCUT2D eigenvalue weighted by molar-refractivity contribution is 0.0787. The van der Waals surface area contributed by atoms with E-state index in [1.165, 1.54) is 0 Å². The maximum absolute atomic E-state index is 12.5. The first-order chi connectivity index (χ1) is 10.7. The molecule has 1 unspecified atom stereocenters. The van der Waals surface area contributed by atoms with E-state index in [9.17, 15) is 4.79 Å². The van der Waals surface area contributed by atoms with Crippen LogP contribution < -0.4 is 10.1 Å². The molecule has 0 radical (unpaired) electrons. The number of amides is 1. The van der Waals surface area contributed by atoms with Gasteiger partial charge in [0.1, 0.15) is 5.75 Å². The molecule has 0 saturated carbocycles. The summed E-state index contributed by atoms with van der Waals surface area (Å²) in [7, 11) is 3.63. The van der Waals surface area contributed by atoms with Crippen LogP contribution in [0.25, 0.3) is 0 Å². The van der Waals surface area contributed by atoms with E-state index in [1.54, 1.807) is 7.11 Å². The highest BCUT2D eigenvalue weighted by Crippen LogP contribution is 2.19. The Morgan fingerprint density at radius 2 is 2.04 bits per heavy atom. The molecule has 130 valence electrons. The molecule has 23 heavy (non-hydrogen) atoms. The predicted molar refractivity (Wildman–Crippen MR) is 93.6 cm³/mol. The fraction of sp³-hybridized carbons (Fsp3) is 0.588. The number of likely N-dealkylation sites (tertiary alicyclic amines) is 1. The van der Waals surface area contributed by atoms with Crippen molar-refractivity contribution in [2.24, 2.45) is 5.92 Å². The quantitative estimate of drug-likeness (QED) is 0.736. The lowest BCUT2D eigenvalue weighted by Crippen LogP contribution is -2.30. The number of ether oxygens (including phenoxy) is 2. The number of hydrogen-bond acceptors (Lipinski definition) is 4. The summed E-state index contributed by atoms with van der Waals surface area (Å²) in [6, 6.07) is 7.42. The number of hydrogen-bond donors (Lipinski definition) is 1. The number of halogens is 1. The second kappa shape index (κ2) is 10.5. The van der Waals surface area contributed by atoms with Gasteiger partial charge in [-0.3, -0.25) is 4.79 Å². The number of carbonyl (C=O) groups excluding carboxylic acids is 1. The number of rotatable bonds is 8. The fourth-order valence-electron chi connectivity index (χ4n) is 2.74. The molecule has 1 amide bonds. The second-order valence-electron chi connectivity index (χ2n) is 5.68. The molecule has 1 fully saturated rings. The van der Waals surface area contributed by atoms with Gasteiger partial charge in [0.05, 0.1) is 6.61 Å². The summed E-state index contributed by atoms with van der Waals surface area (Å²) in [4.78, 5) is 14.4. The Hall–Kier alpha value is -1.30. The summed E-state index contributed by atoms with van der Waals surface area (Å²) in [5.41, 5.74) is 0.731. The van der Waals surface area contributed by atoms with Gasteiger partial charge in [-0.2, -0.15) is 0 Å². The molecule has 0 spiro atoms. The first kappa shape index (κ1) is 19.7. The van der Waals surface area contributed by atoms with Crippen LogP contribution in [0.15, 0.2) is 24.3 Å². The minimum absolute atomic E-state index is 0. The largest absolute Gasteiger partial charge is 0.494 e. The zero-order valence-electron chi connectivity index (χ0n) is 13.9. The zero-order valence-corrected chi connectivity index (χ0v) is 14.7. The van der Waals surface area contributed by atoms with Crippen molar-refractivity contribution in [1.82, 2.24) is 10.2 Å². The molecule has 0 bridgehead atoms. The van der Waals surface area contributed by atoms with Crippen LogP contribution in [0.2, 0.25) is 0 Å². The van der Waals surface area contributed by atoms with Crippen molar-refractivity contribution in [2.45, 2.75) is 12.8 Å². The standard InChI is InChI=1S/C17H26N2O3.ClH/c1-18-12-14-8-9-19(13-14)17(20)15-4-6-16(7-5-15)22-11-3-10-21-2;/h4-7,14,18H,3,8-13H2,1-2H3;1H. The molecular weight excluding hydrogens is 316 g/mol. The highest BCUT2D eigenvalue weighted by Gasteiger charge is 2.26. The van der Waals surface area contributed by atoms with Gasteiger partial charge < -0.3 is 19.7 Å². The first-order valence-corrected chi connectivity index (χ1v) is 7.90. The number of carbonyl (C=O) groups is 1. The van der Waals surface area contributed by atoms with Gasteiger partial charge >= 0.3 is 0 Å².